The highest BCUT2D eigenvalue weighted by molar-refractivity contribution is 5.76. The lowest BCUT2D eigenvalue weighted by Gasteiger charge is -2.37. The molecule has 1 heterocycles. The Morgan fingerprint density at radius 1 is 1.39 bits per heavy atom. The molecule has 0 bridgehead atoms. The van der Waals surface area contributed by atoms with Gasteiger partial charge in [-0.2, -0.15) is 0 Å². The van der Waals surface area contributed by atoms with Crippen LogP contribution in [-0.4, -0.2) is 65.3 Å². The van der Waals surface area contributed by atoms with E-state index in [1.807, 2.05) is 0 Å². The molecule has 5 atom stereocenters. The summed E-state index contributed by atoms with van der Waals surface area (Å²) in [5.41, 5.74) is 0. The lowest BCUT2D eigenvalue weighted by molar-refractivity contribution is -0.0948. The van der Waals surface area contributed by atoms with E-state index in [0.29, 0.717) is 6.42 Å². The molecule has 0 aromatic heterocycles. The molecule has 1 aliphatic heterocycles. The van der Waals surface area contributed by atoms with E-state index in [1.54, 1.807) is 0 Å². The zero-order chi connectivity index (χ0) is 13.3. The summed E-state index contributed by atoms with van der Waals surface area (Å²) in [7, 11) is 0. The van der Waals surface area contributed by atoms with Crippen molar-refractivity contribution < 1.29 is 28.8 Å². The Hall–Kier alpha value is -0.990. The van der Waals surface area contributed by atoms with Crippen LogP contribution in [0, 0.1) is 5.92 Å². The summed E-state index contributed by atoms with van der Waals surface area (Å²) >= 11 is 0. The molecule has 1 aliphatic carbocycles. The average Bonchev–Trinajstić information content (AvgIpc) is 2.74. The lowest BCUT2D eigenvalue weighted by atomic mass is 9.80. The summed E-state index contributed by atoms with van der Waals surface area (Å²) in [5, 5.41) is 31.3. The van der Waals surface area contributed by atoms with Gasteiger partial charge in [-0.1, -0.05) is 0 Å². The molecule has 1 saturated carbocycles. The summed E-state index contributed by atoms with van der Waals surface area (Å²) in [4.78, 5) is 3.54. The average molecular weight is 266 g/mol. The molecular formula is C10H16F2N2O4. The summed E-state index contributed by atoms with van der Waals surface area (Å²) in [6.07, 6.45) is -4.90. The molecule has 2 fully saturated rings. The first-order valence-electron chi connectivity index (χ1n) is 5.75. The number of fused-ring (bicyclic) bond motifs is 1. The Labute approximate surface area is 102 Å². The van der Waals surface area contributed by atoms with Crippen LogP contribution in [-0.2, 0) is 4.74 Å². The zero-order valence-corrected chi connectivity index (χ0v) is 9.54. The molecular weight excluding hydrogens is 250 g/mol. The standard InChI is InChI=1S/C10H16F2N2O4/c11-6(12)2-13-10-14-7-5(18-10)1-4(3-15)8(16)9(7)17/h4-9,15-17H,1-3H2,(H,13,14). The summed E-state index contributed by atoms with van der Waals surface area (Å²) in [6.45, 7) is -0.946. The quantitative estimate of drug-likeness (QED) is 0.509. The van der Waals surface area contributed by atoms with Crippen LogP contribution < -0.4 is 5.32 Å². The number of hydrogen-bond acceptors (Lipinski definition) is 5. The molecule has 0 radical (unpaired) electrons. The van der Waals surface area contributed by atoms with Crippen LogP contribution in [0.2, 0.25) is 0 Å². The highest BCUT2D eigenvalue weighted by Gasteiger charge is 2.48. The van der Waals surface area contributed by atoms with Gasteiger partial charge in [0, 0.05) is 12.5 Å². The second-order valence-corrected chi connectivity index (χ2v) is 4.52. The molecule has 4 N–H and O–H groups in total. The van der Waals surface area contributed by atoms with E-state index in [9.17, 15) is 19.0 Å². The summed E-state index contributed by atoms with van der Waals surface area (Å²) < 4.78 is 29.3. The Bertz CT molecular complexity index is 329. The number of halogens is 2. The first kappa shape index (κ1) is 13.4. The van der Waals surface area contributed by atoms with E-state index in [0.717, 1.165) is 0 Å². The zero-order valence-electron chi connectivity index (χ0n) is 9.54. The van der Waals surface area contributed by atoms with Gasteiger partial charge in [-0.3, -0.25) is 0 Å². The first-order valence-corrected chi connectivity index (χ1v) is 5.75. The van der Waals surface area contributed by atoms with E-state index < -0.39 is 43.2 Å². The third-order valence-electron chi connectivity index (χ3n) is 3.30. The minimum Gasteiger partial charge on any atom is -0.460 e. The monoisotopic (exact) mass is 266 g/mol. The topological polar surface area (TPSA) is 94.3 Å². The molecule has 5 unspecified atom stereocenters. The van der Waals surface area contributed by atoms with Crippen molar-refractivity contribution in [2.24, 2.45) is 10.9 Å². The van der Waals surface area contributed by atoms with Gasteiger partial charge in [0.25, 0.3) is 12.4 Å². The van der Waals surface area contributed by atoms with Gasteiger partial charge >= 0.3 is 0 Å². The fraction of sp³-hybridized carbons (Fsp3) is 0.900. The molecule has 1 saturated heterocycles. The highest BCUT2D eigenvalue weighted by Crippen LogP contribution is 2.30. The van der Waals surface area contributed by atoms with Crippen molar-refractivity contribution in [1.82, 2.24) is 5.32 Å². The van der Waals surface area contributed by atoms with Crippen LogP contribution >= 0.6 is 0 Å². The predicted octanol–water partition coefficient (Wildman–Crippen LogP) is -1.30. The van der Waals surface area contributed by atoms with E-state index >= 15 is 0 Å². The van der Waals surface area contributed by atoms with Gasteiger partial charge in [-0.05, 0) is 6.42 Å². The van der Waals surface area contributed by atoms with Gasteiger partial charge in [0.1, 0.15) is 18.8 Å². The molecule has 0 amide bonds. The van der Waals surface area contributed by atoms with E-state index in [2.05, 4.69) is 10.3 Å². The maximum Gasteiger partial charge on any atom is 0.285 e. The van der Waals surface area contributed by atoms with Crippen LogP contribution in [0.1, 0.15) is 6.42 Å². The van der Waals surface area contributed by atoms with E-state index in [1.165, 1.54) is 0 Å². The van der Waals surface area contributed by atoms with Gasteiger partial charge in [0.2, 0.25) is 0 Å². The van der Waals surface area contributed by atoms with Gasteiger partial charge < -0.3 is 25.4 Å². The normalized spacial score (nSPS) is 41.7. The molecule has 0 aromatic rings. The minimum absolute atomic E-state index is 0.0462. The van der Waals surface area contributed by atoms with Gasteiger partial charge in [0.05, 0.1) is 12.1 Å². The maximum atomic E-state index is 12.0. The Morgan fingerprint density at radius 2 is 2.11 bits per heavy atom. The number of aliphatic imine (C=N–C) groups is 1. The Balaban J connectivity index is 2.03. The van der Waals surface area contributed by atoms with Crippen LogP contribution in [0.15, 0.2) is 4.99 Å². The summed E-state index contributed by atoms with van der Waals surface area (Å²) in [5.74, 6) is -0.488. The molecule has 2 aliphatic rings. The molecule has 8 heteroatoms. The molecule has 0 spiro atoms. The number of hydrogen-bond donors (Lipinski definition) is 4. The van der Waals surface area contributed by atoms with Crippen molar-refractivity contribution in [3.63, 3.8) is 0 Å². The van der Waals surface area contributed by atoms with Crippen molar-refractivity contribution in [3.05, 3.63) is 0 Å². The highest BCUT2D eigenvalue weighted by atomic mass is 19.3. The first-order chi connectivity index (χ1) is 8.52. The van der Waals surface area contributed by atoms with Crippen LogP contribution in [0.3, 0.4) is 0 Å². The third kappa shape index (κ3) is 2.55. The number of nitrogens with one attached hydrogen (secondary N) is 1. The Morgan fingerprint density at radius 3 is 2.72 bits per heavy atom. The number of aliphatic hydroxyl groups excluding tert-OH is 3. The SMILES string of the molecule is OCC1CC2OC(=NCC(F)F)NC2C(O)C1O. The predicted molar refractivity (Wildman–Crippen MR) is 57.3 cm³/mol. The number of ether oxygens (including phenoxy) is 1. The number of aliphatic hydroxyl groups is 3. The van der Waals surface area contributed by atoms with E-state index in [4.69, 9.17) is 9.84 Å². The number of nitrogens with zero attached hydrogens (tertiary/aromatic N) is 1. The lowest BCUT2D eigenvalue weighted by Crippen LogP contribution is -2.56. The second-order valence-electron chi connectivity index (χ2n) is 4.52. The number of amidine groups is 1. The van der Waals surface area contributed by atoms with Crippen LogP contribution in [0.25, 0.3) is 0 Å². The van der Waals surface area contributed by atoms with Crippen molar-refractivity contribution in [3.8, 4) is 0 Å². The Kier molecular flexibility index (Phi) is 3.98. The largest absolute Gasteiger partial charge is 0.460 e. The second kappa shape index (κ2) is 5.33. The van der Waals surface area contributed by atoms with Gasteiger partial charge in [-0.15, -0.1) is 0 Å². The van der Waals surface area contributed by atoms with Gasteiger partial charge in [0.15, 0.2) is 0 Å². The van der Waals surface area contributed by atoms with Gasteiger partial charge in [-0.25, -0.2) is 13.8 Å². The maximum absolute atomic E-state index is 12.0. The fourth-order valence-electron chi connectivity index (χ4n) is 2.33. The van der Waals surface area contributed by atoms with Crippen molar-refractivity contribution in [1.29, 1.82) is 0 Å². The van der Waals surface area contributed by atoms with Crippen molar-refractivity contribution in [2.75, 3.05) is 13.2 Å². The minimum atomic E-state index is -2.56. The smallest absolute Gasteiger partial charge is 0.285 e. The molecule has 6 nitrogen and oxygen atoms in total. The molecule has 104 valence electrons. The van der Waals surface area contributed by atoms with Crippen molar-refractivity contribution >= 4 is 6.02 Å². The fourth-order valence-corrected chi connectivity index (χ4v) is 2.33. The molecule has 18 heavy (non-hydrogen) atoms. The van der Waals surface area contributed by atoms with Crippen LogP contribution in [0.4, 0.5) is 8.78 Å². The summed E-state index contributed by atoms with van der Waals surface area (Å²) in [6, 6.07) is -0.630. The molecule has 2 rings (SSSR count). The number of rotatable bonds is 3. The van der Waals surface area contributed by atoms with Crippen LogP contribution in [0.5, 0.6) is 0 Å². The van der Waals surface area contributed by atoms with E-state index in [-0.39, 0.29) is 12.6 Å². The molecule has 0 aromatic carbocycles. The number of alkyl halides is 2. The third-order valence-corrected chi connectivity index (χ3v) is 3.30. The van der Waals surface area contributed by atoms with Crippen molar-refractivity contribution in [2.45, 2.75) is 37.2 Å².